The van der Waals surface area contributed by atoms with Crippen molar-refractivity contribution in [2.24, 2.45) is 0 Å². The topological polar surface area (TPSA) is 64.6 Å². The van der Waals surface area contributed by atoms with Gasteiger partial charge >= 0.3 is 12.1 Å². The quantitative estimate of drug-likeness (QED) is 0.846. The number of alkyl carbamates (subject to hydrolysis) is 1. The molecular weight excluding hydrogens is 270 g/mol. The van der Waals surface area contributed by atoms with Crippen LogP contribution in [-0.2, 0) is 20.7 Å². The Balaban J connectivity index is 1.96. The monoisotopic (exact) mass is 291 g/mol. The van der Waals surface area contributed by atoms with E-state index in [2.05, 4.69) is 5.32 Å². The number of carbonyl (C=O) groups excluding carboxylic acids is 2. The molecule has 5 nitrogen and oxygen atoms in total. The number of hydrogen-bond donors (Lipinski definition) is 1. The number of methoxy groups -OCH3 is 1. The summed E-state index contributed by atoms with van der Waals surface area (Å²) in [4.78, 5) is 23.7. The number of rotatable bonds is 5. The zero-order valence-electron chi connectivity index (χ0n) is 12.4. The molecule has 0 aliphatic heterocycles. The summed E-state index contributed by atoms with van der Waals surface area (Å²) in [6.07, 6.45) is 2.60. The molecule has 1 aromatic carbocycles. The summed E-state index contributed by atoms with van der Waals surface area (Å²) in [5.41, 5.74) is 0.556. The van der Waals surface area contributed by atoms with Crippen molar-refractivity contribution in [1.82, 2.24) is 5.32 Å². The second-order valence-electron chi connectivity index (χ2n) is 5.60. The van der Waals surface area contributed by atoms with E-state index in [0.717, 1.165) is 24.8 Å². The van der Waals surface area contributed by atoms with Crippen LogP contribution in [0.1, 0.15) is 31.7 Å². The molecule has 2 rings (SSSR count). The van der Waals surface area contributed by atoms with Gasteiger partial charge in [0.1, 0.15) is 11.6 Å². The van der Waals surface area contributed by atoms with Gasteiger partial charge in [-0.2, -0.15) is 0 Å². The summed E-state index contributed by atoms with van der Waals surface area (Å²) in [6, 6.07) is 8.73. The fraction of sp³-hybridized carbons (Fsp3) is 0.500. The predicted molar refractivity (Wildman–Crippen MR) is 77.8 cm³/mol. The zero-order valence-corrected chi connectivity index (χ0v) is 12.4. The minimum Gasteiger partial charge on any atom is -0.467 e. The van der Waals surface area contributed by atoms with E-state index in [1.54, 1.807) is 0 Å². The van der Waals surface area contributed by atoms with Crippen molar-refractivity contribution >= 4 is 12.1 Å². The van der Waals surface area contributed by atoms with Gasteiger partial charge in [-0.3, -0.25) is 0 Å². The van der Waals surface area contributed by atoms with E-state index in [1.165, 1.54) is 7.11 Å². The van der Waals surface area contributed by atoms with Gasteiger partial charge in [0.25, 0.3) is 0 Å². The summed E-state index contributed by atoms with van der Waals surface area (Å²) in [5.74, 6) is -0.477. The number of benzene rings is 1. The molecule has 1 fully saturated rings. The Labute approximate surface area is 124 Å². The number of ether oxygens (including phenoxy) is 2. The van der Waals surface area contributed by atoms with Crippen LogP contribution in [0.3, 0.4) is 0 Å². The molecule has 1 atom stereocenters. The summed E-state index contributed by atoms with van der Waals surface area (Å²) in [7, 11) is 1.31. The molecule has 1 saturated carbocycles. The molecule has 1 N–H and O–H groups in total. The third-order valence-corrected chi connectivity index (χ3v) is 3.81. The van der Waals surface area contributed by atoms with Crippen LogP contribution in [0.4, 0.5) is 4.79 Å². The lowest BCUT2D eigenvalue weighted by molar-refractivity contribution is -0.143. The first-order chi connectivity index (χ1) is 10.0. The molecular formula is C16H21NO4. The van der Waals surface area contributed by atoms with Crippen LogP contribution in [0.15, 0.2) is 30.3 Å². The van der Waals surface area contributed by atoms with E-state index >= 15 is 0 Å². The molecule has 1 aromatic rings. The van der Waals surface area contributed by atoms with Gasteiger partial charge in [-0.25, -0.2) is 9.59 Å². The van der Waals surface area contributed by atoms with Gasteiger partial charge in [-0.1, -0.05) is 30.3 Å². The minimum atomic E-state index is -0.742. The SMILES string of the molecule is COC(=O)[C@H](Cc1ccccc1)NC(=O)OC1(C)CCC1. The first-order valence-corrected chi connectivity index (χ1v) is 7.14. The van der Waals surface area contributed by atoms with Crippen LogP contribution >= 0.6 is 0 Å². The minimum absolute atomic E-state index is 0.374. The maximum absolute atomic E-state index is 11.9. The smallest absolute Gasteiger partial charge is 0.408 e. The Kier molecular flexibility index (Phi) is 4.83. The maximum Gasteiger partial charge on any atom is 0.408 e. The van der Waals surface area contributed by atoms with E-state index < -0.39 is 23.7 Å². The third kappa shape index (κ3) is 4.21. The highest BCUT2D eigenvalue weighted by molar-refractivity contribution is 5.81. The van der Waals surface area contributed by atoms with E-state index in [-0.39, 0.29) is 0 Å². The van der Waals surface area contributed by atoms with Crippen LogP contribution in [-0.4, -0.2) is 30.8 Å². The standard InChI is InChI=1S/C16H21NO4/c1-16(9-6-10-16)21-15(19)17-13(14(18)20-2)11-12-7-4-3-5-8-12/h3-5,7-8,13H,6,9-11H2,1-2H3,(H,17,19)/t13-/m0/s1. The number of hydrogen-bond acceptors (Lipinski definition) is 4. The summed E-state index contributed by atoms with van der Waals surface area (Å²) in [5, 5.41) is 2.60. The van der Waals surface area contributed by atoms with Gasteiger partial charge in [0, 0.05) is 6.42 Å². The highest BCUT2D eigenvalue weighted by atomic mass is 16.6. The van der Waals surface area contributed by atoms with Crippen molar-refractivity contribution in [2.45, 2.75) is 44.2 Å². The Morgan fingerprint density at radius 3 is 2.48 bits per heavy atom. The molecule has 114 valence electrons. The van der Waals surface area contributed by atoms with Gasteiger partial charge in [-0.15, -0.1) is 0 Å². The number of amides is 1. The lowest BCUT2D eigenvalue weighted by atomic mass is 9.82. The molecule has 0 aromatic heterocycles. The first kappa shape index (κ1) is 15.4. The molecule has 0 heterocycles. The lowest BCUT2D eigenvalue weighted by Gasteiger charge is -2.37. The Hall–Kier alpha value is -2.04. The molecule has 0 unspecified atom stereocenters. The van der Waals surface area contributed by atoms with Gasteiger partial charge in [0.2, 0.25) is 0 Å². The van der Waals surface area contributed by atoms with Crippen molar-refractivity contribution in [3.05, 3.63) is 35.9 Å². The largest absolute Gasteiger partial charge is 0.467 e. The van der Waals surface area contributed by atoms with Crippen molar-refractivity contribution in [2.75, 3.05) is 7.11 Å². The fourth-order valence-electron chi connectivity index (χ4n) is 2.36. The van der Waals surface area contributed by atoms with Crippen molar-refractivity contribution in [1.29, 1.82) is 0 Å². The highest BCUT2D eigenvalue weighted by Gasteiger charge is 2.36. The second kappa shape index (κ2) is 6.61. The molecule has 1 aliphatic carbocycles. The van der Waals surface area contributed by atoms with Crippen LogP contribution in [0.25, 0.3) is 0 Å². The molecule has 0 saturated heterocycles. The van der Waals surface area contributed by atoms with Crippen molar-refractivity contribution in [3.63, 3.8) is 0 Å². The summed E-state index contributed by atoms with van der Waals surface area (Å²) in [6.45, 7) is 1.90. The van der Waals surface area contributed by atoms with Crippen LogP contribution in [0.2, 0.25) is 0 Å². The van der Waals surface area contributed by atoms with Gasteiger partial charge in [0.05, 0.1) is 7.11 Å². The van der Waals surface area contributed by atoms with Gasteiger partial charge < -0.3 is 14.8 Å². The van der Waals surface area contributed by atoms with E-state index in [9.17, 15) is 9.59 Å². The summed E-state index contributed by atoms with van der Waals surface area (Å²) >= 11 is 0. The average molecular weight is 291 g/mol. The molecule has 0 spiro atoms. The second-order valence-corrected chi connectivity index (χ2v) is 5.60. The predicted octanol–water partition coefficient (Wildman–Crippen LogP) is 2.44. The Morgan fingerprint density at radius 2 is 1.95 bits per heavy atom. The molecule has 0 bridgehead atoms. The molecule has 5 heteroatoms. The highest BCUT2D eigenvalue weighted by Crippen LogP contribution is 2.34. The first-order valence-electron chi connectivity index (χ1n) is 7.14. The van der Waals surface area contributed by atoms with E-state index in [0.29, 0.717) is 6.42 Å². The molecule has 21 heavy (non-hydrogen) atoms. The number of esters is 1. The lowest BCUT2D eigenvalue weighted by Crippen LogP contribution is -2.48. The fourth-order valence-corrected chi connectivity index (χ4v) is 2.36. The Morgan fingerprint density at radius 1 is 1.29 bits per heavy atom. The number of carbonyl (C=O) groups is 2. The zero-order chi connectivity index (χ0) is 15.3. The molecule has 1 amide bonds. The summed E-state index contributed by atoms with van der Waals surface area (Å²) < 4.78 is 10.1. The maximum atomic E-state index is 11.9. The van der Waals surface area contributed by atoms with Crippen LogP contribution in [0, 0.1) is 0 Å². The molecule has 1 aliphatic rings. The normalized spacial score (nSPS) is 17.2. The third-order valence-electron chi connectivity index (χ3n) is 3.81. The van der Waals surface area contributed by atoms with Crippen LogP contribution < -0.4 is 5.32 Å². The van der Waals surface area contributed by atoms with Crippen molar-refractivity contribution < 1.29 is 19.1 Å². The van der Waals surface area contributed by atoms with Crippen molar-refractivity contribution in [3.8, 4) is 0 Å². The van der Waals surface area contributed by atoms with Gasteiger partial charge in [-0.05, 0) is 31.7 Å². The Bertz CT molecular complexity index is 496. The molecule has 0 radical (unpaired) electrons. The van der Waals surface area contributed by atoms with E-state index in [4.69, 9.17) is 9.47 Å². The van der Waals surface area contributed by atoms with Crippen LogP contribution in [0.5, 0.6) is 0 Å². The van der Waals surface area contributed by atoms with Gasteiger partial charge in [0.15, 0.2) is 0 Å². The van der Waals surface area contributed by atoms with E-state index in [1.807, 2.05) is 37.3 Å². The average Bonchev–Trinajstić information content (AvgIpc) is 2.45. The number of nitrogens with one attached hydrogen (secondary N) is 1.